The van der Waals surface area contributed by atoms with E-state index in [1.165, 1.54) is 12.8 Å². The highest BCUT2D eigenvalue weighted by atomic mass is 16.3. The van der Waals surface area contributed by atoms with Gasteiger partial charge in [-0.05, 0) is 38.8 Å². The molecule has 1 unspecified atom stereocenters. The van der Waals surface area contributed by atoms with Crippen molar-refractivity contribution >= 4 is 0 Å². The van der Waals surface area contributed by atoms with E-state index >= 15 is 0 Å². The van der Waals surface area contributed by atoms with Crippen LogP contribution >= 0.6 is 0 Å². The number of hydrogen-bond acceptors (Lipinski definition) is 2. The van der Waals surface area contributed by atoms with Gasteiger partial charge in [0.2, 0.25) is 0 Å². The van der Waals surface area contributed by atoms with Gasteiger partial charge >= 0.3 is 0 Å². The molecule has 0 radical (unpaired) electrons. The highest BCUT2D eigenvalue weighted by molar-refractivity contribution is 5.09. The van der Waals surface area contributed by atoms with Gasteiger partial charge in [-0.3, -0.25) is 0 Å². The van der Waals surface area contributed by atoms with E-state index in [4.69, 9.17) is 4.42 Å². The quantitative estimate of drug-likeness (QED) is 0.744. The van der Waals surface area contributed by atoms with E-state index in [-0.39, 0.29) is 0 Å². The SMILES string of the molecule is Cc1ccc(C(C)NC2CC2)o1. The van der Waals surface area contributed by atoms with Gasteiger partial charge in [0.05, 0.1) is 6.04 Å². The second-order valence-corrected chi connectivity index (χ2v) is 3.61. The van der Waals surface area contributed by atoms with Crippen molar-refractivity contribution in [2.24, 2.45) is 0 Å². The molecule has 1 N–H and O–H groups in total. The van der Waals surface area contributed by atoms with Crippen LogP contribution in [0.1, 0.15) is 37.3 Å². The molecule has 2 rings (SSSR count). The van der Waals surface area contributed by atoms with E-state index in [0.29, 0.717) is 6.04 Å². The smallest absolute Gasteiger partial charge is 0.120 e. The molecule has 0 aliphatic heterocycles. The van der Waals surface area contributed by atoms with Gasteiger partial charge in [0.1, 0.15) is 11.5 Å². The van der Waals surface area contributed by atoms with E-state index in [1.54, 1.807) is 0 Å². The van der Waals surface area contributed by atoms with Crippen molar-refractivity contribution in [2.45, 2.75) is 38.8 Å². The standard InChI is InChI=1S/C10H15NO/c1-7-3-6-10(12-7)8(2)11-9-4-5-9/h3,6,8-9,11H,4-5H2,1-2H3. The number of hydrogen-bond donors (Lipinski definition) is 1. The minimum atomic E-state index is 0.367. The normalized spacial score (nSPS) is 19.5. The van der Waals surface area contributed by atoms with E-state index in [9.17, 15) is 0 Å². The van der Waals surface area contributed by atoms with Crippen LogP contribution in [0.2, 0.25) is 0 Å². The third-order valence-corrected chi connectivity index (χ3v) is 2.25. The van der Waals surface area contributed by atoms with Crippen LogP contribution in [0.5, 0.6) is 0 Å². The maximum atomic E-state index is 5.51. The summed E-state index contributed by atoms with van der Waals surface area (Å²) in [6.07, 6.45) is 2.65. The molecule has 1 atom stereocenters. The second-order valence-electron chi connectivity index (χ2n) is 3.61. The molecule has 2 nitrogen and oxygen atoms in total. The van der Waals surface area contributed by atoms with Gasteiger partial charge in [0, 0.05) is 6.04 Å². The average molecular weight is 165 g/mol. The lowest BCUT2D eigenvalue weighted by Crippen LogP contribution is -2.20. The van der Waals surface area contributed by atoms with Crippen LogP contribution in [0, 0.1) is 6.92 Å². The number of aryl methyl sites for hydroxylation is 1. The lowest BCUT2D eigenvalue weighted by atomic mass is 10.2. The van der Waals surface area contributed by atoms with Crippen molar-refractivity contribution in [2.75, 3.05) is 0 Å². The molecule has 1 aromatic rings. The van der Waals surface area contributed by atoms with Crippen molar-refractivity contribution in [1.29, 1.82) is 0 Å². The Morgan fingerprint density at radius 2 is 2.25 bits per heavy atom. The minimum Gasteiger partial charge on any atom is -0.465 e. The van der Waals surface area contributed by atoms with Crippen molar-refractivity contribution < 1.29 is 4.42 Å². The molecule has 0 aromatic carbocycles. The van der Waals surface area contributed by atoms with Crippen LogP contribution < -0.4 is 5.32 Å². The Morgan fingerprint density at radius 3 is 2.75 bits per heavy atom. The van der Waals surface area contributed by atoms with E-state index in [2.05, 4.69) is 18.3 Å². The van der Waals surface area contributed by atoms with Crippen molar-refractivity contribution in [3.63, 3.8) is 0 Å². The summed E-state index contributed by atoms with van der Waals surface area (Å²) in [5.74, 6) is 2.05. The van der Waals surface area contributed by atoms with Crippen LogP contribution in [0.3, 0.4) is 0 Å². The van der Waals surface area contributed by atoms with Crippen LogP contribution in [0.15, 0.2) is 16.5 Å². The molecule has 1 heterocycles. The molecule has 1 aliphatic carbocycles. The fourth-order valence-corrected chi connectivity index (χ4v) is 1.37. The van der Waals surface area contributed by atoms with Gasteiger partial charge < -0.3 is 9.73 Å². The molecule has 12 heavy (non-hydrogen) atoms. The van der Waals surface area contributed by atoms with E-state index < -0.39 is 0 Å². The molecule has 0 spiro atoms. The lowest BCUT2D eigenvalue weighted by Gasteiger charge is -2.09. The molecule has 66 valence electrons. The molecule has 1 aliphatic rings. The Hall–Kier alpha value is -0.760. The largest absolute Gasteiger partial charge is 0.465 e. The Balaban J connectivity index is 1.97. The molecule has 0 bridgehead atoms. The van der Waals surface area contributed by atoms with Gasteiger partial charge in [-0.1, -0.05) is 0 Å². The minimum absolute atomic E-state index is 0.367. The Labute approximate surface area is 73.0 Å². The van der Waals surface area contributed by atoms with E-state index in [0.717, 1.165) is 17.6 Å². The predicted molar refractivity (Wildman–Crippen MR) is 48.0 cm³/mol. The summed E-state index contributed by atoms with van der Waals surface area (Å²) in [5, 5.41) is 3.49. The van der Waals surface area contributed by atoms with Gasteiger partial charge in [-0.25, -0.2) is 0 Å². The molecule has 0 amide bonds. The number of furan rings is 1. The second kappa shape index (κ2) is 2.94. The summed E-state index contributed by atoms with van der Waals surface area (Å²) >= 11 is 0. The fraction of sp³-hybridized carbons (Fsp3) is 0.600. The summed E-state index contributed by atoms with van der Waals surface area (Å²) in [6, 6.07) is 5.17. The zero-order valence-corrected chi connectivity index (χ0v) is 7.63. The highest BCUT2D eigenvalue weighted by Crippen LogP contribution is 2.24. The summed E-state index contributed by atoms with van der Waals surface area (Å²) in [4.78, 5) is 0. The average Bonchev–Trinajstić information content (AvgIpc) is 2.72. The van der Waals surface area contributed by atoms with Gasteiger partial charge in [0.15, 0.2) is 0 Å². The molecule has 1 saturated carbocycles. The first-order valence-corrected chi connectivity index (χ1v) is 4.58. The topological polar surface area (TPSA) is 25.2 Å². The highest BCUT2D eigenvalue weighted by Gasteiger charge is 2.24. The van der Waals surface area contributed by atoms with Crippen molar-refractivity contribution in [3.8, 4) is 0 Å². The first-order valence-electron chi connectivity index (χ1n) is 4.58. The first kappa shape index (κ1) is 7.87. The molecular formula is C10H15NO. The molecule has 2 heteroatoms. The van der Waals surface area contributed by atoms with Gasteiger partial charge in [-0.2, -0.15) is 0 Å². The Morgan fingerprint density at radius 1 is 1.50 bits per heavy atom. The maximum Gasteiger partial charge on any atom is 0.120 e. The van der Waals surface area contributed by atoms with E-state index in [1.807, 2.05) is 13.0 Å². The Kier molecular flexibility index (Phi) is 1.93. The number of nitrogens with one attached hydrogen (secondary N) is 1. The van der Waals surface area contributed by atoms with Gasteiger partial charge in [0.25, 0.3) is 0 Å². The summed E-state index contributed by atoms with van der Waals surface area (Å²) in [7, 11) is 0. The molecule has 0 saturated heterocycles. The maximum absolute atomic E-state index is 5.51. The number of rotatable bonds is 3. The molecular weight excluding hydrogens is 150 g/mol. The van der Waals surface area contributed by atoms with Crippen LogP contribution in [0.4, 0.5) is 0 Å². The predicted octanol–water partition coefficient (Wildman–Crippen LogP) is 2.40. The Bertz CT molecular complexity index is 263. The third-order valence-electron chi connectivity index (χ3n) is 2.25. The fourth-order valence-electron chi connectivity index (χ4n) is 1.37. The lowest BCUT2D eigenvalue weighted by molar-refractivity contribution is 0.415. The summed E-state index contributed by atoms with van der Waals surface area (Å²) < 4.78 is 5.51. The molecule has 1 aromatic heterocycles. The van der Waals surface area contributed by atoms with Crippen molar-refractivity contribution in [1.82, 2.24) is 5.32 Å². The van der Waals surface area contributed by atoms with Crippen LogP contribution in [0.25, 0.3) is 0 Å². The monoisotopic (exact) mass is 165 g/mol. The summed E-state index contributed by atoms with van der Waals surface area (Å²) in [5.41, 5.74) is 0. The molecule has 1 fully saturated rings. The van der Waals surface area contributed by atoms with Crippen LogP contribution in [-0.2, 0) is 0 Å². The first-order chi connectivity index (χ1) is 5.75. The third kappa shape index (κ3) is 1.69. The van der Waals surface area contributed by atoms with Crippen LogP contribution in [-0.4, -0.2) is 6.04 Å². The van der Waals surface area contributed by atoms with Gasteiger partial charge in [-0.15, -0.1) is 0 Å². The van der Waals surface area contributed by atoms with Crippen molar-refractivity contribution in [3.05, 3.63) is 23.7 Å². The zero-order valence-electron chi connectivity index (χ0n) is 7.63. The summed E-state index contributed by atoms with van der Waals surface area (Å²) in [6.45, 7) is 4.13. The zero-order chi connectivity index (χ0) is 8.55.